The van der Waals surface area contributed by atoms with E-state index in [1.54, 1.807) is 0 Å². The molecule has 0 saturated carbocycles. The first-order valence-corrected chi connectivity index (χ1v) is 7.79. The molecular weight excluding hydrogens is 250 g/mol. The molecule has 0 radical (unpaired) electrons. The Morgan fingerprint density at radius 2 is 2.05 bits per heavy atom. The number of Topliss-reactive ketones (excluding diaryl/α,β-unsaturated/α-hetero) is 1. The van der Waals surface area contributed by atoms with E-state index in [1.165, 1.54) is 19.3 Å². The molecule has 2 rings (SSSR count). The van der Waals surface area contributed by atoms with Crippen molar-refractivity contribution in [1.82, 2.24) is 5.32 Å². The van der Waals surface area contributed by atoms with Crippen molar-refractivity contribution >= 4 is 5.78 Å². The first kappa shape index (κ1) is 15.0. The number of ketones is 1. The van der Waals surface area contributed by atoms with E-state index in [4.69, 9.17) is 4.74 Å². The highest BCUT2D eigenvalue weighted by Gasteiger charge is 2.16. The summed E-state index contributed by atoms with van der Waals surface area (Å²) in [5.74, 6) is 1.07. The molecule has 0 spiro atoms. The monoisotopic (exact) mass is 275 g/mol. The number of rotatable bonds is 6. The zero-order chi connectivity index (χ0) is 14.2. The number of carbonyl (C=O) groups excluding carboxylic acids is 1. The van der Waals surface area contributed by atoms with Gasteiger partial charge in [-0.3, -0.25) is 4.79 Å². The lowest BCUT2D eigenvalue weighted by molar-refractivity contribution is 0.0968. The van der Waals surface area contributed by atoms with Crippen molar-refractivity contribution in [3.8, 4) is 5.75 Å². The Balaban J connectivity index is 1.88. The Morgan fingerprint density at radius 1 is 1.25 bits per heavy atom. The SMILES string of the molecule is CCCOc1ccc(C(=O)CC2CCCCCN2)cc1. The van der Waals surface area contributed by atoms with Gasteiger partial charge < -0.3 is 10.1 Å². The van der Waals surface area contributed by atoms with Crippen LogP contribution >= 0.6 is 0 Å². The molecule has 0 aliphatic carbocycles. The van der Waals surface area contributed by atoms with Crippen LogP contribution in [-0.4, -0.2) is 25.0 Å². The van der Waals surface area contributed by atoms with Crippen LogP contribution in [0.1, 0.15) is 55.8 Å². The van der Waals surface area contributed by atoms with E-state index in [-0.39, 0.29) is 5.78 Å². The van der Waals surface area contributed by atoms with Crippen LogP contribution in [0, 0.1) is 0 Å². The molecule has 1 atom stereocenters. The van der Waals surface area contributed by atoms with Gasteiger partial charge in [-0.1, -0.05) is 19.8 Å². The number of hydrogen-bond acceptors (Lipinski definition) is 3. The van der Waals surface area contributed by atoms with Crippen LogP contribution in [-0.2, 0) is 0 Å². The van der Waals surface area contributed by atoms with Gasteiger partial charge in [0.25, 0.3) is 0 Å². The highest BCUT2D eigenvalue weighted by Crippen LogP contribution is 2.17. The van der Waals surface area contributed by atoms with Crippen LogP contribution in [0.25, 0.3) is 0 Å². The first-order chi connectivity index (χ1) is 9.79. The normalized spacial score (nSPS) is 19.4. The van der Waals surface area contributed by atoms with E-state index in [1.807, 2.05) is 24.3 Å². The second-order valence-electron chi connectivity index (χ2n) is 5.50. The molecule has 1 aromatic carbocycles. The fraction of sp³-hybridized carbons (Fsp3) is 0.588. The lowest BCUT2D eigenvalue weighted by atomic mass is 10.0. The standard InChI is InChI=1S/C17H25NO2/c1-2-12-20-16-9-7-14(8-10-16)17(19)13-15-6-4-3-5-11-18-15/h7-10,15,18H,2-6,11-13H2,1H3. The maximum Gasteiger partial charge on any atom is 0.164 e. The number of benzene rings is 1. The molecule has 0 aromatic heterocycles. The Kier molecular flexibility index (Phi) is 6.06. The third-order valence-corrected chi connectivity index (χ3v) is 3.74. The summed E-state index contributed by atoms with van der Waals surface area (Å²) in [6, 6.07) is 7.89. The predicted molar refractivity (Wildman–Crippen MR) is 81.4 cm³/mol. The molecule has 1 saturated heterocycles. The van der Waals surface area contributed by atoms with Crippen molar-refractivity contribution in [2.24, 2.45) is 0 Å². The van der Waals surface area contributed by atoms with Crippen LogP contribution in [0.15, 0.2) is 24.3 Å². The highest BCUT2D eigenvalue weighted by molar-refractivity contribution is 5.96. The van der Waals surface area contributed by atoms with Crippen molar-refractivity contribution in [2.75, 3.05) is 13.2 Å². The number of carbonyl (C=O) groups is 1. The van der Waals surface area contributed by atoms with Crippen LogP contribution in [0.3, 0.4) is 0 Å². The largest absolute Gasteiger partial charge is 0.494 e. The number of nitrogens with one attached hydrogen (secondary N) is 1. The molecule has 1 aliphatic heterocycles. The van der Waals surface area contributed by atoms with Gasteiger partial charge in [0.05, 0.1) is 6.61 Å². The van der Waals surface area contributed by atoms with Crippen LogP contribution in [0.2, 0.25) is 0 Å². The fourth-order valence-corrected chi connectivity index (χ4v) is 2.57. The Hall–Kier alpha value is -1.35. The molecule has 1 aliphatic rings. The molecule has 20 heavy (non-hydrogen) atoms. The van der Waals surface area contributed by atoms with Crippen molar-refractivity contribution in [2.45, 2.75) is 51.5 Å². The Labute approximate surface area is 121 Å². The van der Waals surface area contributed by atoms with Gasteiger partial charge in [0.15, 0.2) is 5.78 Å². The summed E-state index contributed by atoms with van der Waals surface area (Å²) >= 11 is 0. The zero-order valence-electron chi connectivity index (χ0n) is 12.4. The molecule has 0 bridgehead atoms. The molecule has 1 heterocycles. The maximum absolute atomic E-state index is 12.3. The third-order valence-electron chi connectivity index (χ3n) is 3.74. The Bertz CT molecular complexity index is 406. The maximum atomic E-state index is 12.3. The summed E-state index contributed by atoms with van der Waals surface area (Å²) in [5, 5.41) is 3.48. The fourth-order valence-electron chi connectivity index (χ4n) is 2.57. The smallest absolute Gasteiger partial charge is 0.164 e. The van der Waals surface area contributed by atoms with Crippen LogP contribution < -0.4 is 10.1 Å². The molecule has 1 aromatic rings. The van der Waals surface area contributed by atoms with Crippen molar-refractivity contribution in [3.05, 3.63) is 29.8 Å². The molecule has 3 nitrogen and oxygen atoms in total. The van der Waals surface area contributed by atoms with Gasteiger partial charge in [0.2, 0.25) is 0 Å². The predicted octanol–water partition coefficient (Wildman–Crippen LogP) is 3.58. The van der Waals surface area contributed by atoms with Gasteiger partial charge >= 0.3 is 0 Å². The van der Waals surface area contributed by atoms with Gasteiger partial charge in [-0.05, 0) is 50.1 Å². The minimum absolute atomic E-state index is 0.228. The van der Waals surface area contributed by atoms with Crippen molar-refractivity contribution < 1.29 is 9.53 Å². The second-order valence-corrected chi connectivity index (χ2v) is 5.50. The van der Waals surface area contributed by atoms with E-state index in [0.717, 1.165) is 37.3 Å². The van der Waals surface area contributed by atoms with E-state index in [2.05, 4.69) is 12.2 Å². The van der Waals surface area contributed by atoms with Gasteiger partial charge in [-0.2, -0.15) is 0 Å². The first-order valence-electron chi connectivity index (χ1n) is 7.79. The molecule has 1 unspecified atom stereocenters. The van der Waals surface area contributed by atoms with Gasteiger partial charge in [0, 0.05) is 18.0 Å². The average Bonchev–Trinajstić information content (AvgIpc) is 2.74. The third kappa shape index (κ3) is 4.64. The van der Waals surface area contributed by atoms with Gasteiger partial charge in [0.1, 0.15) is 5.75 Å². The second kappa shape index (κ2) is 8.05. The van der Waals surface area contributed by atoms with E-state index >= 15 is 0 Å². The lowest BCUT2D eigenvalue weighted by Crippen LogP contribution is -2.30. The quantitative estimate of drug-likeness (QED) is 0.806. The van der Waals surface area contributed by atoms with E-state index in [9.17, 15) is 4.79 Å². The van der Waals surface area contributed by atoms with E-state index in [0.29, 0.717) is 12.5 Å². The molecule has 1 fully saturated rings. The summed E-state index contributed by atoms with van der Waals surface area (Å²) in [5.41, 5.74) is 0.792. The van der Waals surface area contributed by atoms with E-state index < -0.39 is 0 Å². The number of hydrogen-bond donors (Lipinski definition) is 1. The summed E-state index contributed by atoms with van der Waals surface area (Å²) in [7, 11) is 0. The lowest BCUT2D eigenvalue weighted by Gasteiger charge is -2.14. The molecule has 1 N–H and O–H groups in total. The zero-order valence-corrected chi connectivity index (χ0v) is 12.4. The van der Waals surface area contributed by atoms with Gasteiger partial charge in [-0.25, -0.2) is 0 Å². The van der Waals surface area contributed by atoms with Crippen molar-refractivity contribution in [3.63, 3.8) is 0 Å². The average molecular weight is 275 g/mol. The minimum Gasteiger partial charge on any atom is -0.494 e. The van der Waals surface area contributed by atoms with Crippen molar-refractivity contribution in [1.29, 1.82) is 0 Å². The summed E-state index contributed by atoms with van der Waals surface area (Å²) in [6.07, 6.45) is 6.46. The highest BCUT2D eigenvalue weighted by atomic mass is 16.5. The Morgan fingerprint density at radius 3 is 2.80 bits per heavy atom. The molecule has 3 heteroatoms. The number of ether oxygens (including phenoxy) is 1. The summed E-state index contributed by atoms with van der Waals surface area (Å²) < 4.78 is 5.53. The molecule has 0 amide bonds. The summed E-state index contributed by atoms with van der Waals surface area (Å²) in [4.78, 5) is 12.3. The molecular formula is C17H25NO2. The van der Waals surface area contributed by atoms with Gasteiger partial charge in [-0.15, -0.1) is 0 Å². The summed E-state index contributed by atoms with van der Waals surface area (Å²) in [6.45, 7) is 3.85. The van der Waals surface area contributed by atoms with Crippen LogP contribution in [0.5, 0.6) is 5.75 Å². The minimum atomic E-state index is 0.228. The van der Waals surface area contributed by atoms with Crippen LogP contribution in [0.4, 0.5) is 0 Å². The molecule has 110 valence electrons. The topological polar surface area (TPSA) is 38.3 Å².